The largest absolute Gasteiger partial charge is 0.503 e. The molecule has 10 heteroatoms. The smallest absolute Gasteiger partial charge is 0.237 e. The molecule has 0 aliphatic rings. The van der Waals surface area contributed by atoms with Gasteiger partial charge in [-0.05, 0) is 0 Å². The molecule has 10 nitrogen and oxygen atoms in total. The number of hydrogen-bond donors (Lipinski definition) is 8. The van der Waals surface area contributed by atoms with Crippen LogP contribution < -0.4 is 0 Å². The Bertz CT molecular complexity index is 619. The van der Waals surface area contributed by atoms with Crippen molar-refractivity contribution in [1.29, 1.82) is 0 Å². The average molecular weight is 316 g/mol. The molecule has 2 rings (SSSR count). The van der Waals surface area contributed by atoms with Gasteiger partial charge in [0.2, 0.25) is 11.8 Å². The molecule has 0 radical (unpaired) electrons. The molecule has 0 aromatic carbocycles. The molecule has 2 aromatic heterocycles. The van der Waals surface area contributed by atoms with Gasteiger partial charge in [0.1, 0.15) is 0 Å². The summed E-state index contributed by atoms with van der Waals surface area (Å²) < 4.78 is 1.52. The molecule has 8 N–H and O–H groups in total. The second-order valence-corrected chi connectivity index (χ2v) is 4.78. The second-order valence-electron chi connectivity index (χ2n) is 4.78. The highest BCUT2D eigenvalue weighted by Crippen LogP contribution is 2.35. The second kappa shape index (κ2) is 5.58. The highest BCUT2D eigenvalue weighted by atomic mass is 16.3. The maximum absolute atomic E-state index is 9.87. The molecule has 0 aliphatic heterocycles. The highest BCUT2D eigenvalue weighted by Gasteiger charge is 2.24. The number of nitrogens with zero attached hydrogens (tertiary/aromatic N) is 2. The third-order valence-electron chi connectivity index (χ3n) is 3.24. The number of aliphatic hydroxyl groups excluding tert-OH is 2. The van der Waals surface area contributed by atoms with Crippen LogP contribution in [0.1, 0.15) is 0 Å². The summed E-state index contributed by atoms with van der Waals surface area (Å²) in [6.45, 7) is -0.928. The van der Waals surface area contributed by atoms with Crippen LogP contribution in [0.2, 0.25) is 0 Å². The lowest BCUT2D eigenvalue weighted by atomic mass is 10.2. The molecule has 2 unspecified atom stereocenters. The molecule has 0 amide bonds. The monoisotopic (exact) mass is 316 g/mol. The molecule has 22 heavy (non-hydrogen) atoms. The van der Waals surface area contributed by atoms with Gasteiger partial charge in [-0.3, -0.25) is 9.13 Å². The minimum absolute atomic E-state index is 0.464. The van der Waals surface area contributed by atoms with Gasteiger partial charge in [0, 0.05) is 12.1 Å². The van der Waals surface area contributed by atoms with Gasteiger partial charge in [0.05, 0.1) is 25.3 Å². The first-order valence-corrected chi connectivity index (χ1v) is 6.19. The Morgan fingerprint density at radius 1 is 0.682 bits per heavy atom. The Hall–Kier alpha value is -2.72. The summed E-state index contributed by atoms with van der Waals surface area (Å²) in [5.74, 6) is -3.60. The van der Waals surface area contributed by atoms with Crippen LogP contribution in [0.3, 0.4) is 0 Å². The van der Waals surface area contributed by atoms with E-state index < -0.39 is 60.3 Å². The van der Waals surface area contributed by atoms with E-state index in [-0.39, 0.29) is 0 Å². The summed E-state index contributed by atoms with van der Waals surface area (Å²) in [6, 6.07) is 1.71. The topological polar surface area (TPSA) is 172 Å². The lowest BCUT2D eigenvalue weighted by Crippen LogP contribution is -2.33. The van der Waals surface area contributed by atoms with Crippen LogP contribution in [0.5, 0.6) is 35.0 Å². The zero-order valence-electron chi connectivity index (χ0n) is 11.2. The Morgan fingerprint density at radius 3 is 1.23 bits per heavy atom. The molecule has 122 valence electrons. The van der Waals surface area contributed by atoms with Gasteiger partial charge in [0.25, 0.3) is 0 Å². The van der Waals surface area contributed by atoms with E-state index in [1.54, 1.807) is 0 Å². The molecule has 2 atom stereocenters. The molecular weight excluding hydrogens is 300 g/mol. The van der Waals surface area contributed by atoms with E-state index >= 15 is 0 Å². The summed E-state index contributed by atoms with van der Waals surface area (Å²) in [5, 5.41) is 76.0. The van der Waals surface area contributed by atoms with E-state index in [9.17, 15) is 40.9 Å². The summed E-state index contributed by atoms with van der Waals surface area (Å²) in [6.07, 6.45) is -3.04. The summed E-state index contributed by atoms with van der Waals surface area (Å²) in [5.41, 5.74) is 0. The molecule has 0 aliphatic carbocycles. The van der Waals surface area contributed by atoms with Crippen molar-refractivity contribution in [2.24, 2.45) is 0 Å². The standard InChI is InChI=1S/C12H16N2O8/c15-5-1-9(19)13(11(5)21)3-7(17)8(18)4-14-10(20)2-6(16)12(14)22/h1-2,7-8,15-22H,3-4H2. The van der Waals surface area contributed by atoms with Crippen molar-refractivity contribution in [2.75, 3.05) is 0 Å². The van der Waals surface area contributed by atoms with E-state index in [1.807, 2.05) is 0 Å². The Morgan fingerprint density at radius 2 is 1.00 bits per heavy atom. The fourth-order valence-corrected chi connectivity index (χ4v) is 2.00. The van der Waals surface area contributed by atoms with Crippen LogP contribution >= 0.6 is 0 Å². The number of aromatic hydroxyl groups is 6. The zero-order valence-corrected chi connectivity index (χ0v) is 11.2. The first kappa shape index (κ1) is 15.7. The Kier molecular flexibility index (Phi) is 3.97. The van der Waals surface area contributed by atoms with Crippen LogP contribution in [0.25, 0.3) is 0 Å². The Labute approximate surface area is 123 Å². The highest BCUT2D eigenvalue weighted by molar-refractivity contribution is 5.40. The van der Waals surface area contributed by atoms with Crippen LogP contribution in [-0.4, -0.2) is 62.2 Å². The van der Waals surface area contributed by atoms with Gasteiger partial charge in [-0.1, -0.05) is 0 Å². The fourth-order valence-electron chi connectivity index (χ4n) is 2.00. The minimum Gasteiger partial charge on any atom is -0.503 e. The number of aliphatic hydroxyl groups is 2. The van der Waals surface area contributed by atoms with Crippen LogP contribution in [0, 0.1) is 0 Å². The number of hydrogen-bond acceptors (Lipinski definition) is 8. The predicted molar refractivity (Wildman–Crippen MR) is 70.9 cm³/mol. The molecule has 2 aromatic rings. The molecule has 0 saturated heterocycles. The van der Waals surface area contributed by atoms with E-state index in [4.69, 9.17) is 0 Å². The van der Waals surface area contributed by atoms with Gasteiger partial charge in [-0.25, -0.2) is 0 Å². The lowest BCUT2D eigenvalue weighted by Gasteiger charge is -2.20. The van der Waals surface area contributed by atoms with Crippen molar-refractivity contribution >= 4 is 0 Å². The van der Waals surface area contributed by atoms with Gasteiger partial charge in [-0.2, -0.15) is 0 Å². The van der Waals surface area contributed by atoms with E-state index in [0.29, 0.717) is 0 Å². The fraction of sp³-hybridized carbons (Fsp3) is 0.333. The maximum atomic E-state index is 9.87. The van der Waals surface area contributed by atoms with Crippen molar-refractivity contribution < 1.29 is 40.9 Å². The summed E-state index contributed by atoms with van der Waals surface area (Å²) in [4.78, 5) is 0. The Balaban J connectivity index is 2.11. The molecular formula is C12H16N2O8. The van der Waals surface area contributed by atoms with Gasteiger partial charge in [-0.15, -0.1) is 0 Å². The van der Waals surface area contributed by atoms with Gasteiger partial charge < -0.3 is 40.9 Å². The minimum atomic E-state index is -1.52. The number of aromatic nitrogens is 2. The normalized spacial score (nSPS) is 14.1. The molecule has 0 spiro atoms. The first-order valence-electron chi connectivity index (χ1n) is 6.19. The van der Waals surface area contributed by atoms with E-state index in [2.05, 4.69) is 0 Å². The lowest BCUT2D eigenvalue weighted by molar-refractivity contribution is -0.00382. The molecule has 0 saturated carbocycles. The van der Waals surface area contributed by atoms with Crippen LogP contribution in [0.4, 0.5) is 0 Å². The van der Waals surface area contributed by atoms with Crippen molar-refractivity contribution in [3.05, 3.63) is 12.1 Å². The zero-order chi connectivity index (χ0) is 16.6. The van der Waals surface area contributed by atoms with Crippen molar-refractivity contribution in [2.45, 2.75) is 25.3 Å². The number of rotatable bonds is 5. The van der Waals surface area contributed by atoms with Crippen LogP contribution in [-0.2, 0) is 13.1 Å². The molecule has 0 bridgehead atoms. The van der Waals surface area contributed by atoms with Gasteiger partial charge >= 0.3 is 0 Å². The molecule has 2 heterocycles. The van der Waals surface area contributed by atoms with Crippen molar-refractivity contribution in [1.82, 2.24) is 9.13 Å². The van der Waals surface area contributed by atoms with Crippen molar-refractivity contribution in [3.63, 3.8) is 0 Å². The van der Waals surface area contributed by atoms with E-state index in [0.717, 1.165) is 21.3 Å². The predicted octanol–water partition coefficient (Wildman–Crippen LogP) is -1.05. The first-order chi connectivity index (χ1) is 10.2. The molecule has 0 fully saturated rings. The van der Waals surface area contributed by atoms with E-state index in [1.165, 1.54) is 0 Å². The van der Waals surface area contributed by atoms with Crippen LogP contribution in [0.15, 0.2) is 12.1 Å². The summed E-state index contributed by atoms with van der Waals surface area (Å²) in [7, 11) is 0. The quantitative estimate of drug-likeness (QED) is 0.345. The van der Waals surface area contributed by atoms with Gasteiger partial charge in [0.15, 0.2) is 23.3 Å². The van der Waals surface area contributed by atoms with Crippen molar-refractivity contribution in [3.8, 4) is 35.0 Å². The summed E-state index contributed by atoms with van der Waals surface area (Å²) >= 11 is 0. The third kappa shape index (κ3) is 2.69. The third-order valence-corrected chi connectivity index (χ3v) is 3.24. The average Bonchev–Trinajstić information content (AvgIpc) is 2.82. The SMILES string of the molecule is Oc1cc(O)n(CC(O)C(O)Cn2c(O)cc(O)c2O)c1O. The maximum Gasteiger partial charge on any atom is 0.237 e.